The van der Waals surface area contributed by atoms with Gasteiger partial charge in [0.25, 0.3) is 5.69 Å². The molecule has 0 amide bonds. The summed E-state index contributed by atoms with van der Waals surface area (Å²) in [4.78, 5) is 22.4. The summed E-state index contributed by atoms with van der Waals surface area (Å²) in [5, 5.41) is 22.5. The molecule has 0 fully saturated rings. The number of carbonyl (C=O) groups excluding carboxylic acids is 1. The van der Waals surface area contributed by atoms with Gasteiger partial charge in [-0.3, -0.25) is 14.9 Å². The van der Waals surface area contributed by atoms with E-state index in [2.05, 4.69) is 0 Å². The lowest BCUT2D eigenvalue weighted by Crippen LogP contribution is -2.01. The molecule has 2 rings (SSSR count). The van der Waals surface area contributed by atoms with Crippen LogP contribution < -0.4 is 9.84 Å². The molecule has 0 radical (unpaired) electrons. The van der Waals surface area contributed by atoms with Crippen molar-refractivity contribution in [1.82, 2.24) is 0 Å². The summed E-state index contributed by atoms with van der Waals surface area (Å²) >= 11 is 6.88. The molecule has 0 aliphatic heterocycles. The second-order valence-corrected chi connectivity index (χ2v) is 5.84. The van der Waals surface area contributed by atoms with E-state index in [1.165, 1.54) is 25.3 Å². The number of nitro benzene ring substituents is 1. The molecule has 22 heavy (non-hydrogen) atoms. The van der Waals surface area contributed by atoms with E-state index in [0.717, 1.165) is 17.4 Å². The van der Waals surface area contributed by atoms with Crippen LogP contribution >= 0.6 is 22.9 Å². The van der Waals surface area contributed by atoms with Gasteiger partial charge in [0.05, 0.1) is 21.2 Å². The molecule has 0 N–H and O–H groups in total. The van der Waals surface area contributed by atoms with Crippen molar-refractivity contribution >= 4 is 40.5 Å². The number of nitro groups is 1. The molecule has 0 unspecified atom stereocenters. The molecule has 114 valence electrons. The molecule has 1 aromatic heterocycles. The predicted octanol–water partition coefficient (Wildman–Crippen LogP) is 3.29. The zero-order valence-electron chi connectivity index (χ0n) is 11.2. The molecule has 0 saturated heterocycles. The van der Waals surface area contributed by atoms with Crippen LogP contribution in [0.1, 0.15) is 15.2 Å². The highest BCUT2D eigenvalue weighted by atomic mass is 35.5. The standard InChI is InChI=1S/C14H10ClNO5S/c1-21-11-7-8(6-9(14(11)18)16(19)20)2-3-10(17)12-4-5-13(15)22-12/h2-7,18H,1H3/p-1/b3-2+. The van der Waals surface area contributed by atoms with Crippen LogP contribution in [-0.4, -0.2) is 17.8 Å². The Hall–Kier alpha value is -2.38. The second-order valence-electron chi connectivity index (χ2n) is 4.13. The van der Waals surface area contributed by atoms with Crippen molar-refractivity contribution in [1.29, 1.82) is 0 Å². The molecule has 1 aromatic carbocycles. The monoisotopic (exact) mass is 338 g/mol. The van der Waals surface area contributed by atoms with Crippen molar-refractivity contribution in [2.75, 3.05) is 7.11 Å². The Morgan fingerprint density at radius 2 is 2.14 bits per heavy atom. The first-order valence-corrected chi connectivity index (χ1v) is 7.13. The average molecular weight is 339 g/mol. The zero-order valence-corrected chi connectivity index (χ0v) is 12.8. The third-order valence-corrected chi connectivity index (χ3v) is 3.96. The van der Waals surface area contributed by atoms with Crippen LogP contribution in [0.2, 0.25) is 4.34 Å². The van der Waals surface area contributed by atoms with Crippen molar-refractivity contribution in [3.05, 3.63) is 55.2 Å². The lowest BCUT2D eigenvalue weighted by atomic mass is 10.1. The fourth-order valence-corrected chi connectivity index (χ4v) is 2.66. The lowest BCUT2D eigenvalue weighted by Gasteiger charge is -2.13. The molecule has 2 aromatic rings. The molecule has 1 heterocycles. The van der Waals surface area contributed by atoms with Gasteiger partial charge in [-0.2, -0.15) is 0 Å². The van der Waals surface area contributed by atoms with Gasteiger partial charge in [0.1, 0.15) is 5.75 Å². The van der Waals surface area contributed by atoms with Gasteiger partial charge in [0.2, 0.25) is 0 Å². The third-order valence-electron chi connectivity index (χ3n) is 2.72. The van der Waals surface area contributed by atoms with E-state index in [0.29, 0.717) is 14.8 Å². The number of allylic oxidation sites excluding steroid dienone is 1. The van der Waals surface area contributed by atoms with E-state index in [1.807, 2.05) is 0 Å². The number of carbonyl (C=O) groups is 1. The van der Waals surface area contributed by atoms with Gasteiger partial charge >= 0.3 is 0 Å². The van der Waals surface area contributed by atoms with Crippen molar-refractivity contribution < 1.29 is 19.6 Å². The summed E-state index contributed by atoms with van der Waals surface area (Å²) in [7, 11) is 1.24. The maximum atomic E-state index is 11.9. The fourth-order valence-electron chi connectivity index (χ4n) is 1.69. The second kappa shape index (κ2) is 6.59. The number of rotatable bonds is 5. The SMILES string of the molecule is COc1cc(/C=C/C(=O)c2ccc(Cl)s2)cc([N+](=O)[O-])c1[O-]. The van der Waals surface area contributed by atoms with Gasteiger partial charge < -0.3 is 9.84 Å². The molecular formula is C14H9ClNO5S-. The van der Waals surface area contributed by atoms with E-state index in [1.54, 1.807) is 12.1 Å². The van der Waals surface area contributed by atoms with Crippen molar-refractivity contribution in [3.63, 3.8) is 0 Å². The van der Waals surface area contributed by atoms with Gasteiger partial charge in [-0.05, 0) is 29.8 Å². The number of thiophene rings is 1. The molecule has 0 bridgehead atoms. The maximum Gasteiger partial charge on any atom is 0.266 e. The Balaban J connectivity index is 2.33. The number of ether oxygens (including phenoxy) is 1. The smallest absolute Gasteiger partial charge is 0.266 e. The minimum atomic E-state index is -0.805. The lowest BCUT2D eigenvalue weighted by molar-refractivity contribution is -0.398. The topological polar surface area (TPSA) is 92.5 Å². The summed E-state index contributed by atoms with van der Waals surface area (Å²) in [6, 6.07) is 5.62. The van der Waals surface area contributed by atoms with Gasteiger partial charge in [-0.25, -0.2) is 0 Å². The first-order chi connectivity index (χ1) is 10.4. The summed E-state index contributed by atoms with van der Waals surface area (Å²) < 4.78 is 5.31. The Kier molecular flexibility index (Phi) is 4.79. The first-order valence-electron chi connectivity index (χ1n) is 5.93. The number of ketones is 1. The Morgan fingerprint density at radius 3 is 2.68 bits per heavy atom. The molecular weight excluding hydrogens is 330 g/mol. The van der Waals surface area contributed by atoms with E-state index >= 15 is 0 Å². The summed E-state index contributed by atoms with van der Waals surface area (Å²) in [6.45, 7) is 0. The summed E-state index contributed by atoms with van der Waals surface area (Å²) in [5.74, 6) is -1.24. The van der Waals surface area contributed by atoms with Gasteiger partial charge in [0, 0.05) is 11.8 Å². The zero-order chi connectivity index (χ0) is 16.3. The minimum Gasteiger partial charge on any atom is -0.865 e. The summed E-state index contributed by atoms with van der Waals surface area (Å²) in [6.07, 6.45) is 2.63. The maximum absolute atomic E-state index is 11.9. The number of nitrogens with zero attached hydrogens (tertiary/aromatic N) is 1. The van der Waals surface area contributed by atoms with Gasteiger partial charge in [-0.15, -0.1) is 11.3 Å². The molecule has 8 heteroatoms. The average Bonchev–Trinajstić information content (AvgIpc) is 2.92. The van der Waals surface area contributed by atoms with Crippen LogP contribution in [0.15, 0.2) is 30.3 Å². The number of halogens is 1. The van der Waals surface area contributed by atoms with Crippen molar-refractivity contribution in [2.45, 2.75) is 0 Å². The quantitative estimate of drug-likeness (QED) is 0.361. The van der Waals surface area contributed by atoms with Crippen LogP contribution in [0.5, 0.6) is 11.5 Å². The fraction of sp³-hybridized carbons (Fsp3) is 0.0714. The highest BCUT2D eigenvalue weighted by Gasteiger charge is 2.13. The molecule has 0 aliphatic rings. The number of hydrogen-bond acceptors (Lipinski definition) is 6. The Labute approximate surface area is 134 Å². The molecule has 0 aliphatic carbocycles. The third kappa shape index (κ3) is 3.44. The molecule has 6 nitrogen and oxygen atoms in total. The van der Waals surface area contributed by atoms with E-state index < -0.39 is 16.4 Å². The largest absolute Gasteiger partial charge is 0.865 e. The Morgan fingerprint density at radius 1 is 1.41 bits per heavy atom. The number of methoxy groups -OCH3 is 1. The normalized spacial score (nSPS) is 10.8. The Bertz CT molecular complexity index is 769. The van der Waals surface area contributed by atoms with Crippen molar-refractivity contribution in [2.24, 2.45) is 0 Å². The van der Waals surface area contributed by atoms with Crippen LogP contribution in [0, 0.1) is 10.1 Å². The van der Waals surface area contributed by atoms with Crippen LogP contribution in [-0.2, 0) is 0 Å². The van der Waals surface area contributed by atoms with E-state index in [-0.39, 0.29) is 11.5 Å². The summed E-state index contributed by atoms with van der Waals surface area (Å²) in [5.41, 5.74) is -0.287. The van der Waals surface area contributed by atoms with E-state index in [4.69, 9.17) is 16.3 Å². The van der Waals surface area contributed by atoms with Gasteiger partial charge in [0.15, 0.2) is 5.78 Å². The van der Waals surface area contributed by atoms with Crippen LogP contribution in [0.25, 0.3) is 6.08 Å². The highest BCUT2D eigenvalue weighted by molar-refractivity contribution is 7.18. The molecule has 0 atom stereocenters. The van der Waals surface area contributed by atoms with Crippen molar-refractivity contribution in [3.8, 4) is 11.5 Å². The predicted molar refractivity (Wildman–Crippen MR) is 81.8 cm³/mol. The highest BCUT2D eigenvalue weighted by Crippen LogP contribution is 2.35. The number of benzene rings is 1. The first kappa shape index (κ1) is 16.0. The molecule has 0 spiro atoms. The minimum absolute atomic E-state index is 0.152. The number of hydrogen-bond donors (Lipinski definition) is 0. The van der Waals surface area contributed by atoms with Crippen LogP contribution in [0.4, 0.5) is 5.69 Å². The van der Waals surface area contributed by atoms with Gasteiger partial charge in [-0.1, -0.05) is 17.7 Å². The van der Waals surface area contributed by atoms with E-state index in [9.17, 15) is 20.0 Å². The van der Waals surface area contributed by atoms with Crippen LogP contribution in [0.3, 0.4) is 0 Å². The molecule has 0 saturated carbocycles.